The number of hydrogen-bond donors (Lipinski definition) is 1. The summed E-state index contributed by atoms with van der Waals surface area (Å²) >= 11 is 9.14. The molecule has 0 fully saturated rings. The first-order valence-electron chi connectivity index (χ1n) is 5.08. The zero-order valence-corrected chi connectivity index (χ0v) is 11.4. The number of alkyl halides is 1. The third kappa shape index (κ3) is 4.39. The van der Waals surface area contributed by atoms with E-state index in [1.54, 1.807) is 0 Å². The number of aryl methyl sites for hydroxylation is 1. The largest absolute Gasteiger partial charge is 0.367 e. The van der Waals surface area contributed by atoms with E-state index >= 15 is 0 Å². The lowest BCUT2D eigenvalue weighted by atomic mass is 10.2. The quantitative estimate of drug-likeness (QED) is 0.830. The molecular formula is C11H16BrClN2. The van der Waals surface area contributed by atoms with E-state index in [-0.39, 0.29) is 0 Å². The van der Waals surface area contributed by atoms with Crippen molar-refractivity contribution in [2.24, 2.45) is 0 Å². The van der Waals surface area contributed by atoms with Crippen LogP contribution in [0.4, 0.5) is 5.82 Å². The fraction of sp³-hybridized carbons (Fsp3) is 0.545. The zero-order chi connectivity index (χ0) is 11.3. The second-order valence-electron chi connectivity index (χ2n) is 3.72. The summed E-state index contributed by atoms with van der Waals surface area (Å²) in [6.07, 6.45) is 3.95. The molecule has 1 atom stereocenters. The van der Waals surface area contributed by atoms with Crippen LogP contribution in [0.25, 0.3) is 0 Å². The average Bonchev–Trinajstić information content (AvgIpc) is 2.19. The maximum atomic E-state index is 5.65. The van der Waals surface area contributed by atoms with Gasteiger partial charge in [-0.15, -0.1) is 11.6 Å². The molecule has 0 amide bonds. The molecule has 1 rings (SSSR count). The van der Waals surface area contributed by atoms with E-state index < -0.39 is 0 Å². The molecule has 0 aromatic carbocycles. The summed E-state index contributed by atoms with van der Waals surface area (Å²) in [5, 5.41) is 3.36. The molecule has 0 aliphatic rings. The van der Waals surface area contributed by atoms with Gasteiger partial charge < -0.3 is 5.32 Å². The van der Waals surface area contributed by atoms with Crippen molar-refractivity contribution in [3.05, 3.63) is 22.3 Å². The van der Waals surface area contributed by atoms with Crippen LogP contribution in [0.2, 0.25) is 0 Å². The summed E-state index contributed by atoms with van der Waals surface area (Å²) in [6.45, 7) is 4.17. The molecule has 0 bridgehead atoms. The molecule has 15 heavy (non-hydrogen) atoms. The van der Waals surface area contributed by atoms with E-state index in [0.717, 1.165) is 28.7 Å². The Morgan fingerprint density at radius 1 is 1.60 bits per heavy atom. The van der Waals surface area contributed by atoms with Crippen LogP contribution in [0.15, 0.2) is 16.7 Å². The predicted molar refractivity (Wildman–Crippen MR) is 69.7 cm³/mol. The Balaban J connectivity index is 2.56. The number of anilines is 1. The van der Waals surface area contributed by atoms with Crippen molar-refractivity contribution in [3.8, 4) is 0 Å². The number of nitrogens with zero attached hydrogens (tertiary/aromatic N) is 1. The van der Waals surface area contributed by atoms with Crippen molar-refractivity contribution in [3.63, 3.8) is 0 Å². The minimum atomic E-state index is 0.398. The summed E-state index contributed by atoms with van der Waals surface area (Å²) in [4.78, 5) is 4.33. The third-order valence-corrected chi connectivity index (χ3v) is 3.00. The Hall–Kier alpha value is -0.280. The second-order valence-corrected chi connectivity index (χ2v) is 4.95. The molecule has 4 heteroatoms. The van der Waals surface area contributed by atoms with Gasteiger partial charge in [0.1, 0.15) is 5.82 Å². The van der Waals surface area contributed by atoms with E-state index in [4.69, 9.17) is 11.6 Å². The Kier molecular flexibility index (Phi) is 5.40. The molecule has 0 aliphatic carbocycles. The molecule has 1 heterocycles. The van der Waals surface area contributed by atoms with Crippen LogP contribution in [0, 0.1) is 6.92 Å². The van der Waals surface area contributed by atoms with Crippen molar-refractivity contribution in [1.82, 2.24) is 4.98 Å². The van der Waals surface area contributed by atoms with Crippen molar-refractivity contribution in [2.45, 2.75) is 32.7 Å². The lowest BCUT2D eigenvalue weighted by Gasteiger charge is -2.15. The summed E-state index contributed by atoms with van der Waals surface area (Å²) in [6, 6.07) is 2.46. The predicted octanol–water partition coefficient (Wildman–Crippen LogP) is 3.97. The fourth-order valence-electron chi connectivity index (χ4n) is 1.33. The minimum Gasteiger partial charge on any atom is -0.367 e. The van der Waals surface area contributed by atoms with Gasteiger partial charge in [-0.05, 0) is 54.2 Å². The van der Waals surface area contributed by atoms with Gasteiger partial charge in [-0.2, -0.15) is 0 Å². The highest BCUT2D eigenvalue weighted by molar-refractivity contribution is 9.10. The molecule has 0 saturated carbocycles. The van der Waals surface area contributed by atoms with Gasteiger partial charge in [0.15, 0.2) is 0 Å². The molecule has 0 radical (unpaired) electrons. The van der Waals surface area contributed by atoms with E-state index in [1.165, 1.54) is 0 Å². The highest BCUT2D eigenvalue weighted by atomic mass is 79.9. The first-order chi connectivity index (χ1) is 7.13. The van der Waals surface area contributed by atoms with Gasteiger partial charge in [-0.3, -0.25) is 0 Å². The van der Waals surface area contributed by atoms with Gasteiger partial charge in [0.25, 0.3) is 0 Å². The first-order valence-corrected chi connectivity index (χ1v) is 6.41. The van der Waals surface area contributed by atoms with Gasteiger partial charge in [-0.1, -0.05) is 0 Å². The molecule has 1 N–H and O–H groups in total. The molecule has 1 unspecified atom stereocenters. The van der Waals surface area contributed by atoms with Crippen molar-refractivity contribution < 1.29 is 0 Å². The molecule has 0 aliphatic heterocycles. The normalized spacial score (nSPS) is 12.5. The third-order valence-electron chi connectivity index (χ3n) is 2.13. The van der Waals surface area contributed by atoms with Crippen LogP contribution >= 0.6 is 27.5 Å². The van der Waals surface area contributed by atoms with Gasteiger partial charge in [0, 0.05) is 18.1 Å². The molecule has 1 aromatic rings. The minimum absolute atomic E-state index is 0.398. The highest BCUT2D eigenvalue weighted by Gasteiger charge is 2.05. The Bertz CT molecular complexity index is 317. The number of pyridine rings is 1. The molecular weight excluding hydrogens is 275 g/mol. The number of rotatable bonds is 5. The fourth-order valence-corrected chi connectivity index (χ4v) is 2.06. The molecule has 84 valence electrons. The Morgan fingerprint density at radius 2 is 2.33 bits per heavy atom. The molecule has 0 spiro atoms. The summed E-state index contributed by atoms with van der Waals surface area (Å²) in [7, 11) is 0. The van der Waals surface area contributed by atoms with Crippen LogP contribution in [-0.4, -0.2) is 16.9 Å². The smallest absolute Gasteiger partial charge is 0.140 e. The van der Waals surface area contributed by atoms with Gasteiger partial charge in [-0.25, -0.2) is 4.98 Å². The van der Waals surface area contributed by atoms with Crippen LogP contribution in [0.1, 0.15) is 25.3 Å². The van der Waals surface area contributed by atoms with Crippen molar-refractivity contribution in [2.75, 3.05) is 11.2 Å². The van der Waals surface area contributed by atoms with Crippen LogP contribution in [0.3, 0.4) is 0 Å². The molecule has 2 nitrogen and oxygen atoms in total. The van der Waals surface area contributed by atoms with Crippen LogP contribution in [-0.2, 0) is 0 Å². The van der Waals surface area contributed by atoms with Crippen LogP contribution in [0.5, 0.6) is 0 Å². The topological polar surface area (TPSA) is 24.9 Å². The summed E-state index contributed by atoms with van der Waals surface area (Å²) < 4.78 is 1.01. The first kappa shape index (κ1) is 12.8. The zero-order valence-electron chi connectivity index (χ0n) is 9.06. The molecule has 1 aromatic heterocycles. The Labute approximate surface area is 105 Å². The van der Waals surface area contributed by atoms with E-state index in [9.17, 15) is 0 Å². The maximum absolute atomic E-state index is 5.65. The number of halogens is 2. The average molecular weight is 292 g/mol. The number of nitrogens with one attached hydrogen (secondary N) is 1. The van der Waals surface area contributed by atoms with E-state index in [0.29, 0.717) is 11.9 Å². The highest BCUT2D eigenvalue weighted by Crippen LogP contribution is 2.21. The summed E-state index contributed by atoms with van der Waals surface area (Å²) in [5.41, 5.74) is 1.15. The van der Waals surface area contributed by atoms with Gasteiger partial charge in [0.2, 0.25) is 0 Å². The van der Waals surface area contributed by atoms with Gasteiger partial charge in [0.05, 0.1) is 4.47 Å². The van der Waals surface area contributed by atoms with Crippen LogP contribution < -0.4 is 5.32 Å². The van der Waals surface area contributed by atoms with Crippen molar-refractivity contribution >= 4 is 33.3 Å². The maximum Gasteiger partial charge on any atom is 0.140 e. The lowest BCUT2D eigenvalue weighted by molar-refractivity contribution is 0.690. The standard InChI is InChI=1S/C11H16BrClN2/c1-8-6-10(12)11(14-7-8)15-9(2)4-3-5-13/h6-7,9H,3-5H2,1-2H3,(H,14,15). The second kappa shape index (κ2) is 6.33. The number of hydrogen-bond acceptors (Lipinski definition) is 2. The van der Waals surface area contributed by atoms with E-state index in [2.05, 4.69) is 39.2 Å². The number of aromatic nitrogens is 1. The SMILES string of the molecule is Cc1cnc(NC(C)CCCCl)c(Br)c1. The monoisotopic (exact) mass is 290 g/mol. The van der Waals surface area contributed by atoms with Gasteiger partial charge >= 0.3 is 0 Å². The molecule has 0 saturated heterocycles. The van der Waals surface area contributed by atoms with E-state index in [1.807, 2.05) is 13.1 Å². The summed E-state index contributed by atoms with van der Waals surface area (Å²) in [5.74, 6) is 1.62. The van der Waals surface area contributed by atoms with Crippen molar-refractivity contribution in [1.29, 1.82) is 0 Å². The lowest BCUT2D eigenvalue weighted by Crippen LogP contribution is -2.16. The Morgan fingerprint density at radius 3 is 2.93 bits per heavy atom.